The maximum atomic E-state index is 11.9. The van der Waals surface area contributed by atoms with Crippen LogP contribution in [-0.4, -0.2) is 13.1 Å². The van der Waals surface area contributed by atoms with Crippen molar-refractivity contribution in [1.29, 1.82) is 0 Å². The van der Waals surface area contributed by atoms with Crippen LogP contribution in [-0.2, 0) is 11.2 Å². The topological polar surface area (TPSA) is 35.5 Å². The van der Waals surface area contributed by atoms with E-state index in [2.05, 4.69) is 13.8 Å². The van der Waals surface area contributed by atoms with Crippen LogP contribution < -0.4 is 9.47 Å². The average molecular weight is 298 g/mol. The number of methoxy groups -OCH3 is 1. The third kappa shape index (κ3) is 4.62. The van der Waals surface area contributed by atoms with Crippen molar-refractivity contribution in [2.75, 3.05) is 7.11 Å². The molecule has 0 spiro atoms. The minimum atomic E-state index is -0.215. The van der Waals surface area contributed by atoms with Crippen LogP contribution >= 0.6 is 0 Å². The predicted octanol–water partition coefficient (Wildman–Crippen LogP) is 4.36. The Kier molecular flexibility index (Phi) is 5.59. The van der Waals surface area contributed by atoms with Gasteiger partial charge < -0.3 is 9.47 Å². The number of hydrogen-bond acceptors (Lipinski definition) is 3. The molecule has 2 aromatic carbocycles. The van der Waals surface area contributed by atoms with Crippen LogP contribution in [0.2, 0.25) is 0 Å². The molecule has 2 aromatic rings. The number of carbonyl (C=O) groups is 1. The Morgan fingerprint density at radius 2 is 1.55 bits per heavy atom. The molecule has 3 heteroatoms. The molecule has 0 bridgehead atoms. The van der Waals surface area contributed by atoms with Crippen LogP contribution in [0.25, 0.3) is 0 Å². The molecule has 0 N–H and O–H groups in total. The predicted molar refractivity (Wildman–Crippen MR) is 87.5 cm³/mol. The highest BCUT2D eigenvalue weighted by molar-refractivity contribution is 5.72. The molecular formula is C19H22O3. The molecule has 0 saturated carbocycles. The van der Waals surface area contributed by atoms with Gasteiger partial charge in [-0.05, 0) is 47.7 Å². The van der Waals surface area contributed by atoms with E-state index in [0.717, 1.165) is 11.3 Å². The fraction of sp³-hybridized carbons (Fsp3) is 0.316. The van der Waals surface area contributed by atoms with Crippen LogP contribution in [0.15, 0.2) is 48.5 Å². The number of rotatable bonds is 6. The largest absolute Gasteiger partial charge is 0.497 e. The fourth-order valence-corrected chi connectivity index (χ4v) is 2.14. The van der Waals surface area contributed by atoms with Gasteiger partial charge >= 0.3 is 5.97 Å². The van der Waals surface area contributed by atoms with Crippen molar-refractivity contribution >= 4 is 5.97 Å². The molecule has 2 rings (SSSR count). The Hall–Kier alpha value is -2.29. The zero-order valence-electron chi connectivity index (χ0n) is 13.3. The molecule has 0 aliphatic carbocycles. The first-order chi connectivity index (χ1) is 10.6. The van der Waals surface area contributed by atoms with E-state index in [1.54, 1.807) is 7.11 Å². The number of benzene rings is 2. The maximum Gasteiger partial charge on any atom is 0.311 e. The molecule has 0 atom stereocenters. The fourth-order valence-electron chi connectivity index (χ4n) is 2.14. The third-order valence-corrected chi connectivity index (χ3v) is 3.56. The molecule has 116 valence electrons. The third-order valence-electron chi connectivity index (χ3n) is 3.56. The van der Waals surface area contributed by atoms with Gasteiger partial charge in [-0.15, -0.1) is 0 Å². The smallest absolute Gasteiger partial charge is 0.311 e. The number of ether oxygens (including phenoxy) is 2. The lowest BCUT2D eigenvalue weighted by Gasteiger charge is -2.08. The number of carbonyl (C=O) groups excluding carboxylic acids is 1. The summed E-state index contributed by atoms with van der Waals surface area (Å²) in [7, 11) is 1.64. The highest BCUT2D eigenvalue weighted by atomic mass is 16.5. The quantitative estimate of drug-likeness (QED) is 0.587. The zero-order chi connectivity index (χ0) is 15.9. The van der Waals surface area contributed by atoms with Crippen LogP contribution in [0.5, 0.6) is 11.5 Å². The van der Waals surface area contributed by atoms with Gasteiger partial charge in [0.25, 0.3) is 0 Å². The summed E-state index contributed by atoms with van der Waals surface area (Å²) >= 11 is 0. The Balaban J connectivity index is 1.84. The molecule has 0 aromatic heterocycles. The number of hydrogen-bond donors (Lipinski definition) is 0. The molecule has 0 unspecified atom stereocenters. The van der Waals surface area contributed by atoms with E-state index in [0.29, 0.717) is 24.5 Å². The molecule has 22 heavy (non-hydrogen) atoms. The van der Waals surface area contributed by atoms with Crippen LogP contribution in [0, 0.1) is 0 Å². The van der Waals surface area contributed by atoms with Crippen molar-refractivity contribution in [2.45, 2.75) is 32.6 Å². The van der Waals surface area contributed by atoms with Crippen molar-refractivity contribution in [3.63, 3.8) is 0 Å². The van der Waals surface area contributed by atoms with Crippen molar-refractivity contribution in [3.05, 3.63) is 59.7 Å². The van der Waals surface area contributed by atoms with Crippen LogP contribution in [0.3, 0.4) is 0 Å². The standard InChI is InChI=1S/C19H22O3/c1-14(2)16-7-11-18(12-8-16)22-19(20)13-6-15-4-9-17(21-3)10-5-15/h4-5,7-12,14H,6,13H2,1-3H3. The molecule has 0 saturated heterocycles. The van der Waals surface area contributed by atoms with Crippen molar-refractivity contribution in [2.24, 2.45) is 0 Å². The summed E-state index contributed by atoms with van der Waals surface area (Å²) in [5.74, 6) is 1.67. The summed E-state index contributed by atoms with van der Waals surface area (Å²) < 4.78 is 10.5. The van der Waals surface area contributed by atoms with E-state index in [1.165, 1.54) is 5.56 Å². The lowest BCUT2D eigenvalue weighted by Crippen LogP contribution is -2.09. The summed E-state index contributed by atoms with van der Waals surface area (Å²) in [5.41, 5.74) is 2.32. The average Bonchev–Trinajstić information content (AvgIpc) is 2.54. The van der Waals surface area contributed by atoms with E-state index in [1.807, 2.05) is 48.5 Å². The summed E-state index contributed by atoms with van der Waals surface area (Å²) in [5, 5.41) is 0. The van der Waals surface area contributed by atoms with Gasteiger partial charge in [0.05, 0.1) is 7.11 Å². The van der Waals surface area contributed by atoms with E-state index >= 15 is 0 Å². The normalized spacial score (nSPS) is 10.5. The summed E-state index contributed by atoms with van der Waals surface area (Å²) in [6, 6.07) is 15.4. The lowest BCUT2D eigenvalue weighted by atomic mass is 10.0. The van der Waals surface area contributed by atoms with E-state index < -0.39 is 0 Å². The summed E-state index contributed by atoms with van der Waals surface area (Å²) in [6.45, 7) is 4.27. The maximum absolute atomic E-state index is 11.9. The Labute approximate surface area is 131 Å². The van der Waals surface area contributed by atoms with Gasteiger partial charge in [-0.2, -0.15) is 0 Å². The minimum absolute atomic E-state index is 0.215. The number of aryl methyl sites for hydroxylation is 1. The van der Waals surface area contributed by atoms with E-state index in [9.17, 15) is 4.79 Å². The first-order valence-corrected chi connectivity index (χ1v) is 7.52. The minimum Gasteiger partial charge on any atom is -0.497 e. The SMILES string of the molecule is COc1ccc(CCC(=O)Oc2ccc(C(C)C)cc2)cc1. The molecule has 0 amide bonds. The Morgan fingerprint density at radius 3 is 2.09 bits per heavy atom. The second-order valence-electron chi connectivity index (χ2n) is 5.55. The lowest BCUT2D eigenvalue weighted by molar-refractivity contribution is -0.134. The molecule has 0 radical (unpaired) electrons. The van der Waals surface area contributed by atoms with Crippen molar-refractivity contribution in [3.8, 4) is 11.5 Å². The first kappa shape index (κ1) is 16.1. The zero-order valence-corrected chi connectivity index (χ0v) is 13.3. The summed E-state index contributed by atoms with van der Waals surface area (Å²) in [6.07, 6.45) is 1.02. The van der Waals surface area contributed by atoms with Gasteiger partial charge in [0.1, 0.15) is 11.5 Å². The van der Waals surface area contributed by atoms with Gasteiger partial charge in [0.15, 0.2) is 0 Å². The van der Waals surface area contributed by atoms with Gasteiger partial charge in [-0.25, -0.2) is 0 Å². The molecule has 0 heterocycles. The molecule has 0 aliphatic heterocycles. The summed E-state index contributed by atoms with van der Waals surface area (Å²) in [4.78, 5) is 11.9. The molecule has 0 aliphatic rings. The van der Waals surface area contributed by atoms with Gasteiger partial charge in [-0.3, -0.25) is 4.79 Å². The van der Waals surface area contributed by atoms with Gasteiger partial charge in [0.2, 0.25) is 0 Å². The second kappa shape index (κ2) is 7.64. The van der Waals surface area contributed by atoms with Gasteiger partial charge in [-0.1, -0.05) is 38.1 Å². The Bertz CT molecular complexity index is 598. The van der Waals surface area contributed by atoms with Crippen molar-refractivity contribution in [1.82, 2.24) is 0 Å². The molecule has 0 fully saturated rings. The highest BCUT2D eigenvalue weighted by Crippen LogP contribution is 2.19. The van der Waals surface area contributed by atoms with E-state index in [4.69, 9.17) is 9.47 Å². The highest BCUT2D eigenvalue weighted by Gasteiger charge is 2.06. The molecule has 3 nitrogen and oxygen atoms in total. The van der Waals surface area contributed by atoms with E-state index in [-0.39, 0.29) is 5.97 Å². The van der Waals surface area contributed by atoms with Crippen molar-refractivity contribution < 1.29 is 14.3 Å². The van der Waals surface area contributed by atoms with Gasteiger partial charge in [0, 0.05) is 6.42 Å². The second-order valence-corrected chi connectivity index (χ2v) is 5.55. The monoisotopic (exact) mass is 298 g/mol. The first-order valence-electron chi connectivity index (χ1n) is 7.52. The number of esters is 1. The van der Waals surface area contributed by atoms with Crippen LogP contribution in [0.1, 0.15) is 37.3 Å². The molecular weight excluding hydrogens is 276 g/mol. The Morgan fingerprint density at radius 1 is 0.955 bits per heavy atom. The van der Waals surface area contributed by atoms with Crippen LogP contribution in [0.4, 0.5) is 0 Å².